The Morgan fingerprint density at radius 3 is 2.56 bits per heavy atom. The summed E-state index contributed by atoms with van der Waals surface area (Å²) < 4.78 is 32.6. The number of hydrogen-bond donors (Lipinski definition) is 1. The molecule has 0 atom stereocenters. The summed E-state index contributed by atoms with van der Waals surface area (Å²) in [5, 5.41) is 0. The highest BCUT2D eigenvalue weighted by atomic mass is 32.2. The van der Waals surface area contributed by atoms with Crippen LogP contribution in [0.2, 0.25) is 0 Å². The second-order valence-electron chi connectivity index (χ2n) is 4.11. The fourth-order valence-corrected chi connectivity index (χ4v) is 3.25. The number of morpholine rings is 1. The van der Waals surface area contributed by atoms with Gasteiger partial charge in [0.15, 0.2) is 0 Å². The minimum absolute atomic E-state index is 0.566. The van der Waals surface area contributed by atoms with E-state index in [2.05, 4.69) is 9.62 Å². The lowest BCUT2D eigenvalue weighted by Gasteiger charge is -2.31. The van der Waals surface area contributed by atoms with Gasteiger partial charge in [-0.3, -0.25) is 4.90 Å². The first kappa shape index (κ1) is 12.3. The van der Waals surface area contributed by atoms with Gasteiger partial charge in [0.05, 0.1) is 13.2 Å². The first-order valence-electron chi connectivity index (χ1n) is 5.73. The molecule has 0 amide bonds. The zero-order valence-electron chi connectivity index (χ0n) is 9.39. The Hall–Kier alpha value is -0.210. The van der Waals surface area contributed by atoms with Crippen molar-refractivity contribution >= 4 is 10.2 Å². The maximum absolute atomic E-state index is 11.6. The number of hydrogen-bond acceptors (Lipinski definition) is 4. The topological polar surface area (TPSA) is 61.9 Å². The molecule has 0 aliphatic carbocycles. The van der Waals surface area contributed by atoms with Gasteiger partial charge in [-0.1, -0.05) is 0 Å². The lowest BCUT2D eigenvalue weighted by Crippen LogP contribution is -2.50. The van der Waals surface area contributed by atoms with Crippen LogP contribution < -0.4 is 4.72 Å². The molecule has 0 aromatic carbocycles. The standard InChI is InChI=1S/C9H19N3O3S/c13-16(14)10-2-1-3-12(16)5-4-11-6-8-15-9-7-11/h10H,1-9H2. The van der Waals surface area contributed by atoms with E-state index in [1.807, 2.05) is 0 Å². The zero-order chi connectivity index (χ0) is 11.4. The molecule has 94 valence electrons. The molecule has 2 fully saturated rings. The summed E-state index contributed by atoms with van der Waals surface area (Å²) in [4.78, 5) is 2.24. The van der Waals surface area contributed by atoms with Gasteiger partial charge in [0.25, 0.3) is 10.2 Å². The Kier molecular flexibility index (Phi) is 4.15. The Morgan fingerprint density at radius 2 is 1.88 bits per heavy atom. The lowest BCUT2D eigenvalue weighted by atomic mass is 10.4. The fourth-order valence-electron chi connectivity index (χ4n) is 1.98. The molecule has 0 bridgehead atoms. The van der Waals surface area contributed by atoms with Crippen LogP contribution in [-0.2, 0) is 14.9 Å². The average molecular weight is 249 g/mol. The summed E-state index contributed by atoms with van der Waals surface area (Å²) in [6, 6.07) is 0. The molecule has 16 heavy (non-hydrogen) atoms. The predicted molar refractivity (Wildman–Crippen MR) is 60.4 cm³/mol. The quantitative estimate of drug-likeness (QED) is 0.687. The van der Waals surface area contributed by atoms with E-state index in [0.29, 0.717) is 19.6 Å². The normalized spacial score (nSPS) is 28.0. The van der Waals surface area contributed by atoms with E-state index >= 15 is 0 Å². The zero-order valence-corrected chi connectivity index (χ0v) is 10.2. The molecule has 0 radical (unpaired) electrons. The molecular formula is C9H19N3O3S. The van der Waals surface area contributed by atoms with Crippen LogP contribution in [0.3, 0.4) is 0 Å². The van der Waals surface area contributed by atoms with Gasteiger partial charge in [-0.25, -0.2) is 4.72 Å². The molecule has 1 N–H and O–H groups in total. The molecule has 0 unspecified atom stereocenters. The number of nitrogens with zero attached hydrogens (tertiary/aromatic N) is 2. The maximum Gasteiger partial charge on any atom is 0.279 e. The van der Waals surface area contributed by atoms with Gasteiger partial charge in [-0.05, 0) is 6.42 Å². The largest absolute Gasteiger partial charge is 0.379 e. The minimum atomic E-state index is -3.20. The average Bonchev–Trinajstić information content (AvgIpc) is 2.28. The van der Waals surface area contributed by atoms with Gasteiger partial charge in [-0.15, -0.1) is 0 Å². The number of nitrogens with one attached hydrogen (secondary N) is 1. The lowest BCUT2D eigenvalue weighted by molar-refractivity contribution is 0.0361. The molecule has 2 rings (SSSR count). The van der Waals surface area contributed by atoms with E-state index in [1.165, 1.54) is 4.31 Å². The van der Waals surface area contributed by atoms with Crippen molar-refractivity contribution in [2.24, 2.45) is 0 Å². The Balaban J connectivity index is 1.79. The number of ether oxygens (including phenoxy) is 1. The van der Waals surface area contributed by atoms with Crippen LogP contribution in [0, 0.1) is 0 Å². The summed E-state index contributed by atoms with van der Waals surface area (Å²) >= 11 is 0. The Bertz CT molecular complexity index is 314. The highest BCUT2D eigenvalue weighted by Gasteiger charge is 2.25. The van der Waals surface area contributed by atoms with Crippen LogP contribution in [0.15, 0.2) is 0 Å². The van der Waals surface area contributed by atoms with Gasteiger partial charge < -0.3 is 4.74 Å². The molecule has 0 aromatic heterocycles. The van der Waals surface area contributed by atoms with Crippen molar-refractivity contribution in [2.75, 3.05) is 52.5 Å². The van der Waals surface area contributed by atoms with Crippen LogP contribution >= 0.6 is 0 Å². The van der Waals surface area contributed by atoms with Crippen LogP contribution in [0.4, 0.5) is 0 Å². The first-order valence-corrected chi connectivity index (χ1v) is 7.17. The van der Waals surface area contributed by atoms with Crippen molar-refractivity contribution < 1.29 is 13.2 Å². The van der Waals surface area contributed by atoms with Gasteiger partial charge in [-0.2, -0.15) is 12.7 Å². The van der Waals surface area contributed by atoms with E-state index < -0.39 is 10.2 Å². The second kappa shape index (κ2) is 5.42. The molecule has 7 heteroatoms. The number of rotatable bonds is 3. The van der Waals surface area contributed by atoms with Crippen LogP contribution in [0.25, 0.3) is 0 Å². The highest BCUT2D eigenvalue weighted by molar-refractivity contribution is 7.87. The molecule has 2 aliphatic heterocycles. The minimum Gasteiger partial charge on any atom is -0.379 e. The van der Waals surface area contributed by atoms with Crippen molar-refractivity contribution in [3.8, 4) is 0 Å². The van der Waals surface area contributed by atoms with Crippen LogP contribution in [0.5, 0.6) is 0 Å². The summed E-state index contributed by atoms with van der Waals surface area (Å²) in [7, 11) is -3.20. The smallest absolute Gasteiger partial charge is 0.279 e. The van der Waals surface area contributed by atoms with E-state index in [4.69, 9.17) is 4.74 Å². The summed E-state index contributed by atoms with van der Waals surface area (Å²) in [6.07, 6.45) is 0.891. The van der Waals surface area contributed by atoms with E-state index in [-0.39, 0.29) is 0 Å². The van der Waals surface area contributed by atoms with Crippen molar-refractivity contribution in [1.82, 2.24) is 13.9 Å². The molecule has 2 saturated heterocycles. The Morgan fingerprint density at radius 1 is 1.12 bits per heavy atom. The molecule has 0 aromatic rings. The fraction of sp³-hybridized carbons (Fsp3) is 1.00. The van der Waals surface area contributed by atoms with Gasteiger partial charge in [0, 0.05) is 39.3 Å². The predicted octanol–water partition coefficient (Wildman–Crippen LogP) is -1.14. The van der Waals surface area contributed by atoms with Crippen molar-refractivity contribution in [2.45, 2.75) is 6.42 Å². The van der Waals surface area contributed by atoms with Gasteiger partial charge in [0.2, 0.25) is 0 Å². The molecular weight excluding hydrogens is 230 g/mol. The van der Waals surface area contributed by atoms with E-state index in [1.54, 1.807) is 0 Å². The third-order valence-electron chi connectivity index (χ3n) is 2.98. The maximum atomic E-state index is 11.6. The van der Waals surface area contributed by atoms with Crippen LogP contribution in [0.1, 0.15) is 6.42 Å². The molecule has 0 saturated carbocycles. The summed E-state index contributed by atoms with van der Waals surface area (Å²) in [5.41, 5.74) is 0. The SMILES string of the molecule is O=S1(=O)NCCCN1CCN1CCOCC1. The molecule has 2 aliphatic rings. The van der Waals surface area contributed by atoms with Crippen molar-refractivity contribution in [3.63, 3.8) is 0 Å². The van der Waals surface area contributed by atoms with Crippen molar-refractivity contribution in [3.05, 3.63) is 0 Å². The van der Waals surface area contributed by atoms with E-state index in [0.717, 1.165) is 39.3 Å². The van der Waals surface area contributed by atoms with E-state index in [9.17, 15) is 8.42 Å². The summed E-state index contributed by atoms with van der Waals surface area (Å²) in [5.74, 6) is 0. The third kappa shape index (κ3) is 3.14. The first-order chi connectivity index (χ1) is 7.68. The third-order valence-corrected chi connectivity index (χ3v) is 4.59. The van der Waals surface area contributed by atoms with Gasteiger partial charge >= 0.3 is 0 Å². The Labute approximate surface area is 96.7 Å². The van der Waals surface area contributed by atoms with Crippen molar-refractivity contribution in [1.29, 1.82) is 0 Å². The second-order valence-corrected chi connectivity index (χ2v) is 5.86. The monoisotopic (exact) mass is 249 g/mol. The van der Waals surface area contributed by atoms with Gasteiger partial charge in [0.1, 0.15) is 0 Å². The molecule has 0 spiro atoms. The molecule has 2 heterocycles. The van der Waals surface area contributed by atoms with Crippen LogP contribution in [-0.4, -0.2) is 70.1 Å². The highest BCUT2D eigenvalue weighted by Crippen LogP contribution is 2.06. The molecule has 6 nitrogen and oxygen atoms in total. The summed E-state index contributed by atoms with van der Waals surface area (Å²) in [6.45, 7) is 5.90.